The molecule has 0 aliphatic carbocycles. The van der Waals surface area contributed by atoms with Crippen molar-refractivity contribution in [2.24, 2.45) is 0 Å². The zero-order chi connectivity index (χ0) is 15.7. The number of nitrogens with zero attached hydrogens (tertiary/aromatic N) is 2. The molecule has 0 saturated carbocycles. The molecule has 21 heavy (non-hydrogen) atoms. The standard InChI is InChI=1S/C12H19F3N2O3S/c13-12(14,15)10-4-7-16(8-5-10)21(19,20)17-6-2-1-3-11(17)9-18/h4,11,18H,1-3,5-9H2. The highest BCUT2D eigenvalue weighted by molar-refractivity contribution is 7.86. The first-order valence-corrected chi connectivity index (χ1v) is 8.30. The zero-order valence-corrected chi connectivity index (χ0v) is 12.3. The first kappa shape index (κ1) is 16.7. The molecule has 0 radical (unpaired) electrons. The van der Waals surface area contributed by atoms with Gasteiger partial charge >= 0.3 is 6.18 Å². The average Bonchev–Trinajstić information content (AvgIpc) is 2.46. The molecule has 9 heteroatoms. The Morgan fingerprint density at radius 3 is 2.52 bits per heavy atom. The van der Waals surface area contributed by atoms with E-state index >= 15 is 0 Å². The maximum atomic E-state index is 12.6. The predicted octanol–water partition coefficient (Wildman–Crippen LogP) is 1.27. The van der Waals surface area contributed by atoms with Crippen LogP contribution >= 0.6 is 0 Å². The number of aliphatic hydroxyl groups excluding tert-OH is 1. The van der Waals surface area contributed by atoms with Crippen LogP contribution in [0.5, 0.6) is 0 Å². The number of hydrogen-bond donors (Lipinski definition) is 1. The topological polar surface area (TPSA) is 60.9 Å². The van der Waals surface area contributed by atoms with Gasteiger partial charge in [-0.15, -0.1) is 0 Å². The Labute approximate surface area is 122 Å². The summed E-state index contributed by atoms with van der Waals surface area (Å²) >= 11 is 0. The van der Waals surface area contributed by atoms with E-state index in [1.165, 1.54) is 4.31 Å². The molecule has 2 aliphatic rings. The molecule has 1 fully saturated rings. The minimum atomic E-state index is -4.39. The summed E-state index contributed by atoms with van der Waals surface area (Å²) in [4.78, 5) is 0. The molecular weight excluding hydrogens is 309 g/mol. The number of rotatable bonds is 3. The molecule has 0 aromatic carbocycles. The van der Waals surface area contributed by atoms with Crippen molar-refractivity contribution in [2.75, 3.05) is 26.2 Å². The van der Waals surface area contributed by atoms with Crippen LogP contribution in [0.25, 0.3) is 0 Å². The average molecular weight is 328 g/mol. The van der Waals surface area contributed by atoms with E-state index in [4.69, 9.17) is 0 Å². The summed E-state index contributed by atoms with van der Waals surface area (Å²) in [5, 5.41) is 9.29. The van der Waals surface area contributed by atoms with Gasteiger partial charge in [0.05, 0.1) is 6.61 Å². The molecule has 5 nitrogen and oxygen atoms in total. The fraction of sp³-hybridized carbons (Fsp3) is 0.833. The van der Waals surface area contributed by atoms with Gasteiger partial charge in [-0.05, 0) is 19.3 Å². The molecule has 2 rings (SSSR count). The quantitative estimate of drug-likeness (QED) is 0.794. The summed E-state index contributed by atoms with van der Waals surface area (Å²) in [5.41, 5.74) is -0.675. The van der Waals surface area contributed by atoms with Gasteiger partial charge in [0.2, 0.25) is 0 Å². The normalized spacial score (nSPS) is 26.7. The summed E-state index contributed by atoms with van der Waals surface area (Å²) in [7, 11) is -3.82. The van der Waals surface area contributed by atoms with Crippen molar-refractivity contribution in [1.29, 1.82) is 0 Å². The molecular formula is C12H19F3N2O3S. The Balaban J connectivity index is 2.12. The molecule has 1 saturated heterocycles. The third-order valence-corrected chi connectivity index (χ3v) is 6.00. The third-order valence-electron chi connectivity index (χ3n) is 3.94. The maximum absolute atomic E-state index is 12.6. The highest BCUT2D eigenvalue weighted by Gasteiger charge is 2.40. The van der Waals surface area contributed by atoms with Gasteiger partial charge in [-0.1, -0.05) is 12.5 Å². The van der Waals surface area contributed by atoms with Crippen LogP contribution in [0, 0.1) is 0 Å². The van der Waals surface area contributed by atoms with Gasteiger partial charge < -0.3 is 5.11 Å². The van der Waals surface area contributed by atoms with Crippen LogP contribution in [-0.4, -0.2) is 60.6 Å². The summed E-state index contributed by atoms with van der Waals surface area (Å²) in [6.45, 7) is -0.412. The lowest BCUT2D eigenvalue weighted by Crippen LogP contribution is -2.52. The fourth-order valence-electron chi connectivity index (χ4n) is 2.73. The molecule has 0 aromatic heterocycles. The van der Waals surface area contributed by atoms with Crippen LogP contribution in [0.2, 0.25) is 0 Å². The highest BCUT2D eigenvalue weighted by atomic mass is 32.2. The first-order chi connectivity index (χ1) is 9.76. The largest absolute Gasteiger partial charge is 0.412 e. The third kappa shape index (κ3) is 3.58. The van der Waals surface area contributed by atoms with Gasteiger partial charge in [-0.25, -0.2) is 0 Å². The van der Waals surface area contributed by atoms with Gasteiger partial charge in [0.1, 0.15) is 0 Å². The lowest BCUT2D eigenvalue weighted by atomic mass is 10.1. The first-order valence-electron chi connectivity index (χ1n) is 6.91. The monoisotopic (exact) mass is 328 g/mol. The van der Waals surface area contributed by atoms with Crippen molar-refractivity contribution >= 4 is 10.2 Å². The Bertz CT molecular complexity index is 504. The molecule has 2 aliphatic heterocycles. The second kappa shape index (κ2) is 6.23. The van der Waals surface area contributed by atoms with Crippen molar-refractivity contribution in [3.63, 3.8) is 0 Å². The molecule has 1 atom stereocenters. The van der Waals surface area contributed by atoms with Crippen LogP contribution in [0.1, 0.15) is 25.7 Å². The highest BCUT2D eigenvalue weighted by Crippen LogP contribution is 2.32. The molecule has 0 bridgehead atoms. The van der Waals surface area contributed by atoms with Crippen molar-refractivity contribution in [1.82, 2.24) is 8.61 Å². The lowest BCUT2D eigenvalue weighted by Gasteiger charge is -2.38. The number of aliphatic hydroxyl groups is 1. The number of alkyl halides is 3. The second-order valence-corrected chi connectivity index (χ2v) is 7.17. The van der Waals surface area contributed by atoms with Crippen LogP contribution in [0.15, 0.2) is 11.6 Å². The Morgan fingerprint density at radius 2 is 2.00 bits per heavy atom. The van der Waals surface area contributed by atoms with Crippen LogP contribution in [0.4, 0.5) is 13.2 Å². The fourth-order valence-corrected chi connectivity index (χ4v) is 4.52. The Kier molecular flexibility index (Phi) is 4.96. The van der Waals surface area contributed by atoms with Crippen molar-refractivity contribution in [3.8, 4) is 0 Å². The van der Waals surface area contributed by atoms with Gasteiger partial charge in [0.15, 0.2) is 0 Å². The SMILES string of the molecule is O=S(=O)(N1CC=C(C(F)(F)F)CC1)N1CCCCC1CO. The van der Waals surface area contributed by atoms with Crippen molar-refractivity contribution in [2.45, 2.75) is 37.9 Å². The Morgan fingerprint density at radius 1 is 1.29 bits per heavy atom. The predicted molar refractivity (Wildman–Crippen MR) is 70.7 cm³/mol. The number of piperidine rings is 1. The van der Waals surface area contributed by atoms with Gasteiger partial charge in [-0.3, -0.25) is 0 Å². The molecule has 2 heterocycles. The molecule has 122 valence electrons. The van der Waals surface area contributed by atoms with E-state index in [0.717, 1.165) is 16.8 Å². The number of halogens is 3. The molecule has 1 N–H and O–H groups in total. The summed E-state index contributed by atoms with van der Waals surface area (Å²) in [6, 6.07) is -0.475. The van der Waals surface area contributed by atoms with Gasteiger partial charge in [-0.2, -0.15) is 30.2 Å². The second-order valence-electron chi connectivity index (χ2n) is 5.29. The van der Waals surface area contributed by atoms with E-state index in [1.54, 1.807) is 0 Å². The van der Waals surface area contributed by atoms with Gasteiger partial charge in [0, 0.05) is 31.2 Å². The van der Waals surface area contributed by atoms with Crippen molar-refractivity contribution < 1.29 is 26.7 Å². The summed E-state index contributed by atoms with van der Waals surface area (Å²) in [5.74, 6) is 0. The molecule has 0 spiro atoms. The summed E-state index contributed by atoms with van der Waals surface area (Å²) in [6.07, 6.45) is -1.68. The van der Waals surface area contributed by atoms with Crippen LogP contribution in [-0.2, 0) is 10.2 Å². The van der Waals surface area contributed by atoms with Crippen LogP contribution < -0.4 is 0 Å². The van der Waals surface area contributed by atoms with E-state index < -0.39 is 28.0 Å². The van der Waals surface area contributed by atoms with E-state index in [-0.39, 0.29) is 26.1 Å². The molecule has 1 unspecified atom stereocenters. The summed E-state index contributed by atoms with van der Waals surface area (Å²) < 4.78 is 64.9. The van der Waals surface area contributed by atoms with E-state index in [1.807, 2.05) is 0 Å². The van der Waals surface area contributed by atoms with Crippen LogP contribution in [0.3, 0.4) is 0 Å². The maximum Gasteiger partial charge on any atom is 0.412 e. The van der Waals surface area contributed by atoms with Crippen molar-refractivity contribution in [3.05, 3.63) is 11.6 Å². The minimum Gasteiger partial charge on any atom is -0.395 e. The molecule has 0 aromatic rings. The van der Waals surface area contributed by atoms with E-state index in [9.17, 15) is 26.7 Å². The van der Waals surface area contributed by atoms with Gasteiger partial charge in [0.25, 0.3) is 10.2 Å². The zero-order valence-electron chi connectivity index (χ0n) is 11.5. The number of hydrogen-bond acceptors (Lipinski definition) is 3. The molecule has 0 amide bonds. The lowest BCUT2D eigenvalue weighted by molar-refractivity contribution is -0.0954. The van der Waals surface area contributed by atoms with E-state index in [2.05, 4.69) is 0 Å². The smallest absolute Gasteiger partial charge is 0.395 e. The minimum absolute atomic E-state index is 0.178. The Hall–Kier alpha value is -0.640. The van der Waals surface area contributed by atoms with E-state index in [0.29, 0.717) is 19.4 Å².